The molecule has 3 heteroatoms. The molecule has 3 nitrogen and oxygen atoms in total. The van der Waals surface area contributed by atoms with E-state index in [1.165, 1.54) is 0 Å². The molecule has 2 fully saturated rings. The van der Waals surface area contributed by atoms with Crippen LogP contribution < -0.4 is 4.74 Å². The second-order valence-corrected chi connectivity index (χ2v) is 8.81. The molecule has 0 aromatic heterocycles. The van der Waals surface area contributed by atoms with Crippen LogP contribution in [0.3, 0.4) is 0 Å². The van der Waals surface area contributed by atoms with Crippen LogP contribution in [-0.4, -0.2) is 5.97 Å². The maximum atomic E-state index is 12.6. The smallest absolute Gasteiger partial charge is 0.314 e. The first-order valence-corrected chi connectivity index (χ1v) is 11.5. The lowest BCUT2D eigenvalue weighted by Crippen LogP contribution is -2.27. The summed E-state index contributed by atoms with van der Waals surface area (Å²) in [6.07, 6.45) is 11.1. The molecule has 0 amide bonds. The van der Waals surface area contributed by atoms with Crippen molar-refractivity contribution in [2.75, 3.05) is 0 Å². The van der Waals surface area contributed by atoms with Crippen LogP contribution in [0.15, 0.2) is 36.9 Å². The summed E-state index contributed by atoms with van der Waals surface area (Å²) in [4.78, 5) is 12.6. The first-order chi connectivity index (χ1) is 14.6. The first-order valence-electron chi connectivity index (χ1n) is 11.5. The van der Waals surface area contributed by atoms with Gasteiger partial charge in [0.25, 0.3) is 0 Å². The molecule has 1 aromatic rings. The summed E-state index contributed by atoms with van der Waals surface area (Å²) in [5.74, 6) is 8.90. The van der Waals surface area contributed by atoms with Crippen LogP contribution in [0, 0.1) is 52.8 Å². The number of hydrogen-bond acceptors (Lipinski definition) is 3. The molecular formula is C27H33NO2. The van der Waals surface area contributed by atoms with Crippen molar-refractivity contribution in [2.24, 2.45) is 29.6 Å². The van der Waals surface area contributed by atoms with Gasteiger partial charge in [0.15, 0.2) is 0 Å². The number of nitrogens with zero attached hydrogens (tertiary/aromatic N) is 1. The van der Waals surface area contributed by atoms with E-state index in [1.807, 2.05) is 24.3 Å². The highest BCUT2D eigenvalue weighted by Gasteiger charge is 2.30. The number of hydrogen-bond donors (Lipinski definition) is 0. The number of rotatable bonds is 5. The molecule has 3 rings (SSSR count). The number of nitriles is 1. The van der Waals surface area contributed by atoms with Gasteiger partial charge in [0.05, 0.1) is 12.0 Å². The molecule has 0 radical (unpaired) electrons. The Morgan fingerprint density at radius 3 is 2.30 bits per heavy atom. The highest BCUT2D eigenvalue weighted by Crippen LogP contribution is 2.36. The van der Waals surface area contributed by atoms with Crippen molar-refractivity contribution in [1.82, 2.24) is 0 Å². The van der Waals surface area contributed by atoms with Gasteiger partial charge in [0, 0.05) is 17.4 Å². The van der Waals surface area contributed by atoms with E-state index in [4.69, 9.17) is 10.00 Å². The Hall–Kier alpha value is -2.52. The van der Waals surface area contributed by atoms with Crippen LogP contribution in [0.25, 0.3) is 0 Å². The fourth-order valence-corrected chi connectivity index (χ4v) is 4.83. The Bertz CT molecular complexity index is 807. The van der Waals surface area contributed by atoms with Crippen molar-refractivity contribution in [3.63, 3.8) is 0 Å². The number of allylic oxidation sites excluding steroid dienone is 1. The molecule has 0 spiro atoms. The van der Waals surface area contributed by atoms with Gasteiger partial charge >= 0.3 is 5.97 Å². The topological polar surface area (TPSA) is 50.1 Å². The standard InChI is InChI=1S/C27H33NO2/c1-3-23(4-2)24-13-15-25(16-14-24)27(29)30-26-17-11-21(12-18-26)6-5-20-7-9-22(19-28)10-8-20/h3,11-12,17-18,20,22-25H,1,4,7-10,13-16H2,2H3/t20-,22-,23?,24-,25-. The zero-order valence-corrected chi connectivity index (χ0v) is 18.1. The lowest BCUT2D eigenvalue weighted by molar-refractivity contribution is -0.140. The minimum atomic E-state index is -0.104. The van der Waals surface area contributed by atoms with Crippen molar-refractivity contribution >= 4 is 5.97 Å². The average Bonchev–Trinajstić information content (AvgIpc) is 2.80. The van der Waals surface area contributed by atoms with Crippen LogP contribution >= 0.6 is 0 Å². The van der Waals surface area contributed by atoms with Gasteiger partial charge in [-0.1, -0.05) is 24.8 Å². The molecular weight excluding hydrogens is 370 g/mol. The van der Waals surface area contributed by atoms with E-state index in [0.29, 0.717) is 23.5 Å². The Morgan fingerprint density at radius 1 is 1.10 bits per heavy atom. The third-order valence-corrected chi connectivity index (χ3v) is 6.89. The Labute approximate surface area is 181 Å². The van der Waals surface area contributed by atoms with Gasteiger partial charge in [-0.05, 0) is 93.9 Å². The van der Waals surface area contributed by atoms with Gasteiger partial charge in [0.1, 0.15) is 5.75 Å². The molecule has 0 aliphatic heterocycles. The van der Waals surface area contributed by atoms with Crippen LogP contribution in [0.4, 0.5) is 0 Å². The zero-order chi connectivity index (χ0) is 21.3. The van der Waals surface area contributed by atoms with Gasteiger partial charge in [-0.15, -0.1) is 6.58 Å². The second-order valence-electron chi connectivity index (χ2n) is 8.81. The van der Waals surface area contributed by atoms with E-state index < -0.39 is 0 Å². The minimum absolute atomic E-state index is 0.00609. The normalized spacial score (nSPS) is 27.1. The van der Waals surface area contributed by atoms with Crippen molar-refractivity contribution in [1.29, 1.82) is 5.26 Å². The van der Waals surface area contributed by atoms with Crippen molar-refractivity contribution in [2.45, 2.75) is 64.7 Å². The average molecular weight is 404 g/mol. The largest absolute Gasteiger partial charge is 0.426 e. The van der Waals surface area contributed by atoms with E-state index in [0.717, 1.165) is 63.4 Å². The van der Waals surface area contributed by atoms with E-state index in [1.54, 1.807) is 0 Å². The van der Waals surface area contributed by atoms with Crippen molar-refractivity contribution in [3.05, 3.63) is 42.5 Å². The van der Waals surface area contributed by atoms with E-state index in [2.05, 4.69) is 37.5 Å². The number of esters is 1. The summed E-state index contributed by atoms with van der Waals surface area (Å²) in [6.45, 7) is 6.17. The quantitative estimate of drug-likeness (QED) is 0.251. The number of carbonyl (C=O) groups excluding carboxylic acids is 1. The van der Waals surface area contributed by atoms with Crippen LogP contribution in [-0.2, 0) is 4.79 Å². The molecule has 30 heavy (non-hydrogen) atoms. The maximum Gasteiger partial charge on any atom is 0.314 e. The second kappa shape index (κ2) is 11.0. The fraction of sp³-hybridized carbons (Fsp3) is 0.556. The van der Waals surface area contributed by atoms with Crippen molar-refractivity contribution < 1.29 is 9.53 Å². The third kappa shape index (κ3) is 5.99. The molecule has 0 N–H and O–H groups in total. The molecule has 2 aliphatic carbocycles. The fourth-order valence-electron chi connectivity index (χ4n) is 4.83. The highest BCUT2D eigenvalue weighted by atomic mass is 16.5. The van der Waals surface area contributed by atoms with Crippen LogP contribution in [0.1, 0.15) is 70.3 Å². The molecule has 1 aromatic carbocycles. The molecule has 0 saturated heterocycles. The summed E-state index contributed by atoms with van der Waals surface area (Å²) in [5, 5.41) is 8.99. The summed E-state index contributed by atoms with van der Waals surface area (Å²) in [5.41, 5.74) is 0.938. The highest BCUT2D eigenvalue weighted by molar-refractivity contribution is 5.75. The zero-order valence-electron chi connectivity index (χ0n) is 18.1. The minimum Gasteiger partial charge on any atom is -0.426 e. The van der Waals surface area contributed by atoms with Gasteiger partial charge in [-0.2, -0.15) is 5.26 Å². The third-order valence-electron chi connectivity index (χ3n) is 6.89. The Morgan fingerprint density at radius 2 is 1.73 bits per heavy atom. The molecule has 158 valence electrons. The van der Waals surface area contributed by atoms with E-state index in [9.17, 15) is 4.79 Å². The molecule has 0 bridgehead atoms. The van der Waals surface area contributed by atoms with Gasteiger partial charge in [-0.3, -0.25) is 4.79 Å². The Balaban J connectivity index is 1.47. The van der Waals surface area contributed by atoms with E-state index >= 15 is 0 Å². The molecule has 0 heterocycles. The predicted octanol–water partition coefficient (Wildman–Crippen LogP) is 6.29. The van der Waals surface area contributed by atoms with Crippen LogP contribution in [0.5, 0.6) is 5.75 Å². The van der Waals surface area contributed by atoms with E-state index in [-0.39, 0.29) is 17.8 Å². The van der Waals surface area contributed by atoms with Gasteiger partial charge in [0.2, 0.25) is 0 Å². The summed E-state index contributed by atoms with van der Waals surface area (Å²) >= 11 is 0. The summed E-state index contributed by atoms with van der Waals surface area (Å²) in [6, 6.07) is 9.88. The first kappa shape index (κ1) is 22.2. The predicted molar refractivity (Wildman–Crippen MR) is 119 cm³/mol. The molecule has 2 saturated carbocycles. The Kier molecular flexibility index (Phi) is 8.15. The van der Waals surface area contributed by atoms with Crippen molar-refractivity contribution in [3.8, 4) is 23.7 Å². The van der Waals surface area contributed by atoms with Crippen LogP contribution in [0.2, 0.25) is 0 Å². The van der Waals surface area contributed by atoms with Gasteiger partial charge in [-0.25, -0.2) is 0 Å². The SMILES string of the molecule is C=CC(CC)[C@H]1CC[C@H](C(=O)Oc2ccc(C#C[C@H]3CC[C@H](C#N)CC3)cc2)CC1. The van der Waals surface area contributed by atoms with Gasteiger partial charge < -0.3 is 4.74 Å². The maximum absolute atomic E-state index is 12.6. The lowest BCUT2D eigenvalue weighted by atomic mass is 9.75. The number of carbonyl (C=O) groups is 1. The molecule has 2 aliphatic rings. The number of benzene rings is 1. The summed E-state index contributed by atoms with van der Waals surface area (Å²) < 4.78 is 5.64. The monoisotopic (exact) mass is 403 g/mol. The lowest BCUT2D eigenvalue weighted by Gasteiger charge is -2.31. The molecule has 1 atom stereocenters. The molecule has 1 unspecified atom stereocenters. The number of ether oxygens (including phenoxy) is 1. The summed E-state index contributed by atoms with van der Waals surface area (Å²) in [7, 11) is 0.